The number of hydrogen-bond donors (Lipinski definition) is 3. The zero-order chi connectivity index (χ0) is 16.8. The van der Waals surface area contributed by atoms with Crippen molar-refractivity contribution in [2.75, 3.05) is 31.5 Å². The molecule has 0 aliphatic carbocycles. The summed E-state index contributed by atoms with van der Waals surface area (Å²) >= 11 is 0. The lowest BCUT2D eigenvalue weighted by atomic mass is 9.97. The highest BCUT2D eigenvalue weighted by molar-refractivity contribution is 5.93. The summed E-state index contributed by atoms with van der Waals surface area (Å²) in [5, 5.41) is 5.43. The topological polar surface area (TPSA) is 87.5 Å². The van der Waals surface area contributed by atoms with Crippen molar-refractivity contribution in [2.45, 2.75) is 19.8 Å². The number of halogens is 1. The van der Waals surface area contributed by atoms with E-state index in [2.05, 4.69) is 10.6 Å². The third-order valence-corrected chi connectivity index (χ3v) is 3.94. The largest absolute Gasteiger partial charge is 0.337 e. The van der Waals surface area contributed by atoms with Gasteiger partial charge in [0, 0.05) is 31.9 Å². The van der Waals surface area contributed by atoms with Gasteiger partial charge in [-0.25, -0.2) is 9.18 Å². The van der Waals surface area contributed by atoms with Gasteiger partial charge in [-0.2, -0.15) is 0 Å². The van der Waals surface area contributed by atoms with Crippen LogP contribution in [0.2, 0.25) is 0 Å². The third-order valence-electron chi connectivity index (χ3n) is 3.94. The molecular weight excluding hydrogens is 299 g/mol. The maximum atomic E-state index is 13.5. The lowest BCUT2D eigenvalue weighted by molar-refractivity contribution is -0.121. The first-order valence-corrected chi connectivity index (χ1v) is 7.81. The Hall–Kier alpha value is -2.15. The first kappa shape index (κ1) is 17.2. The molecule has 0 bridgehead atoms. The minimum atomic E-state index is -0.353. The summed E-state index contributed by atoms with van der Waals surface area (Å²) in [7, 11) is 0. The molecule has 0 saturated carbocycles. The Morgan fingerprint density at radius 3 is 2.91 bits per heavy atom. The van der Waals surface area contributed by atoms with Crippen LogP contribution in [0, 0.1) is 18.7 Å². The van der Waals surface area contributed by atoms with Crippen molar-refractivity contribution < 1.29 is 14.0 Å². The molecule has 0 aromatic heterocycles. The Balaban J connectivity index is 1.93. The Bertz CT molecular complexity index is 579. The molecule has 1 aromatic carbocycles. The van der Waals surface area contributed by atoms with E-state index < -0.39 is 0 Å². The van der Waals surface area contributed by atoms with E-state index in [1.54, 1.807) is 24.0 Å². The summed E-state index contributed by atoms with van der Waals surface area (Å²) in [5.74, 6) is -0.837. The van der Waals surface area contributed by atoms with Crippen LogP contribution in [0.5, 0.6) is 0 Å². The highest BCUT2D eigenvalue weighted by Crippen LogP contribution is 2.20. The van der Waals surface area contributed by atoms with Crippen LogP contribution < -0.4 is 16.4 Å². The van der Waals surface area contributed by atoms with Crippen LogP contribution in [-0.4, -0.2) is 43.0 Å². The second kappa shape index (κ2) is 7.92. The Morgan fingerprint density at radius 1 is 1.43 bits per heavy atom. The molecule has 1 saturated heterocycles. The van der Waals surface area contributed by atoms with Crippen LogP contribution >= 0.6 is 0 Å². The van der Waals surface area contributed by atoms with E-state index in [1.165, 1.54) is 6.07 Å². The van der Waals surface area contributed by atoms with E-state index in [4.69, 9.17) is 5.73 Å². The summed E-state index contributed by atoms with van der Waals surface area (Å²) in [6, 6.07) is 4.40. The quantitative estimate of drug-likeness (QED) is 0.784. The highest BCUT2D eigenvalue weighted by atomic mass is 19.1. The predicted octanol–water partition coefficient (Wildman–Crippen LogP) is 1.45. The zero-order valence-electron chi connectivity index (χ0n) is 13.3. The number of nitrogens with one attached hydrogen (secondary N) is 2. The fourth-order valence-corrected chi connectivity index (χ4v) is 2.58. The van der Waals surface area contributed by atoms with Crippen LogP contribution in [0.25, 0.3) is 0 Å². The number of carbonyl (C=O) groups excluding carboxylic acids is 2. The van der Waals surface area contributed by atoms with Crippen molar-refractivity contribution in [2.24, 2.45) is 11.7 Å². The molecule has 0 radical (unpaired) electrons. The van der Waals surface area contributed by atoms with Gasteiger partial charge in [0.1, 0.15) is 5.82 Å². The third kappa shape index (κ3) is 4.66. The van der Waals surface area contributed by atoms with Gasteiger partial charge in [-0.15, -0.1) is 0 Å². The Kier molecular flexibility index (Phi) is 5.92. The molecule has 2 rings (SSSR count). The molecule has 3 amide bonds. The molecule has 4 N–H and O–H groups in total. The van der Waals surface area contributed by atoms with Crippen molar-refractivity contribution >= 4 is 17.6 Å². The Morgan fingerprint density at radius 2 is 2.22 bits per heavy atom. The fraction of sp³-hybridized carbons (Fsp3) is 0.500. The average Bonchev–Trinajstić information content (AvgIpc) is 2.56. The second-order valence-corrected chi connectivity index (χ2v) is 5.76. The van der Waals surface area contributed by atoms with Crippen LogP contribution in [0.15, 0.2) is 18.2 Å². The lowest BCUT2D eigenvalue weighted by Crippen LogP contribution is -2.48. The van der Waals surface area contributed by atoms with Gasteiger partial charge in [-0.05, 0) is 37.5 Å². The Labute approximate surface area is 135 Å². The number of likely N-dealkylation sites (tertiary alicyclic amines) is 1. The van der Waals surface area contributed by atoms with Crippen molar-refractivity contribution in [3.8, 4) is 0 Å². The number of rotatable bonds is 4. The molecule has 7 heteroatoms. The molecule has 126 valence electrons. The maximum absolute atomic E-state index is 13.5. The van der Waals surface area contributed by atoms with E-state index in [0.29, 0.717) is 43.9 Å². The maximum Gasteiger partial charge on any atom is 0.317 e. The summed E-state index contributed by atoms with van der Waals surface area (Å²) in [4.78, 5) is 25.9. The van der Waals surface area contributed by atoms with Gasteiger partial charge in [0.2, 0.25) is 5.91 Å². The summed E-state index contributed by atoms with van der Waals surface area (Å²) in [6.07, 6.45) is 1.47. The van der Waals surface area contributed by atoms with Gasteiger partial charge in [-0.1, -0.05) is 6.07 Å². The number of amides is 3. The lowest BCUT2D eigenvalue weighted by Gasteiger charge is -2.32. The van der Waals surface area contributed by atoms with E-state index in [1.807, 2.05) is 0 Å². The molecule has 1 aromatic rings. The fourth-order valence-electron chi connectivity index (χ4n) is 2.58. The summed E-state index contributed by atoms with van der Waals surface area (Å²) in [6.45, 7) is 3.44. The molecule has 1 fully saturated rings. The molecule has 1 aliphatic rings. The van der Waals surface area contributed by atoms with Gasteiger partial charge in [0.15, 0.2) is 0 Å². The molecule has 6 nitrogen and oxygen atoms in total. The molecule has 1 aliphatic heterocycles. The molecule has 23 heavy (non-hydrogen) atoms. The van der Waals surface area contributed by atoms with Crippen molar-refractivity contribution in [3.63, 3.8) is 0 Å². The van der Waals surface area contributed by atoms with Gasteiger partial charge >= 0.3 is 6.03 Å². The number of aryl methyl sites for hydroxylation is 1. The molecular formula is C16H23FN4O2. The number of nitrogens with two attached hydrogens (primary N) is 1. The predicted molar refractivity (Wildman–Crippen MR) is 86.5 cm³/mol. The highest BCUT2D eigenvalue weighted by Gasteiger charge is 2.28. The second-order valence-electron chi connectivity index (χ2n) is 5.76. The van der Waals surface area contributed by atoms with Crippen LogP contribution in [0.1, 0.15) is 18.4 Å². The van der Waals surface area contributed by atoms with Crippen LogP contribution in [-0.2, 0) is 4.79 Å². The van der Waals surface area contributed by atoms with E-state index in [9.17, 15) is 14.0 Å². The van der Waals surface area contributed by atoms with Crippen molar-refractivity contribution in [3.05, 3.63) is 29.6 Å². The minimum absolute atomic E-state index is 0.190. The number of benzene rings is 1. The number of hydrogen-bond acceptors (Lipinski definition) is 3. The summed E-state index contributed by atoms with van der Waals surface area (Å²) in [5.41, 5.74) is 6.33. The zero-order valence-corrected chi connectivity index (χ0v) is 13.3. The van der Waals surface area contributed by atoms with E-state index in [-0.39, 0.29) is 23.7 Å². The normalized spacial score (nSPS) is 17.7. The van der Waals surface area contributed by atoms with Crippen molar-refractivity contribution in [1.82, 2.24) is 10.2 Å². The molecule has 0 spiro atoms. The van der Waals surface area contributed by atoms with Gasteiger partial charge in [0.25, 0.3) is 0 Å². The number of anilines is 1. The molecule has 1 heterocycles. The van der Waals surface area contributed by atoms with Gasteiger partial charge in [0.05, 0.1) is 5.92 Å². The number of carbonyl (C=O) groups is 2. The van der Waals surface area contributed by atoms with Crippen LogP contribution in [0.3, 0.4) is 0 Å². The monoisotopic (exact) mass is 322 g/mol. The van der Waals surface area contributed by atoms with Gasteiger partial charge < -0.3 is 21.3 Å². The first-order valence-electron chi connectivity index (χ1n) is 7.81. The summed E-state index contributed by atoms with van der Waals surface area (Å²) < 4.78 is 13.5. The average molecular weight is 322 g/mol. The van der Waals surface area contributed by atoms with Gasteiger partial charge in [-0.3, -0.25) is 4.79 Å². The molecule has 1 atom stereocenters. The molecule has 0 unspecified atom stereocenters. The van der Waals surface area contributed by atoms with Crippen LogP contribution in [0.4, 0.5) is 14.9 Å². The SMILES string of the molecule is Cc1ccc(NC(=O)[C@H]2CCCN(C(=O)NCCN)C2)cc1F. The minimum Gasteiger partial charge on any atom is -0.337 e. The smallest absolute Gasteiger partial charge is 0.317 e. The standard InChI is InChI=1S/C16H23FN4O2/c1-11-4-5-13(9-14(11)17)20-15(22)12-3-2-8-21(10-12)16(23)19-7-6-18/h4-5,9,12H,2-3,6-8,10,18H2,1H3,(H,19,23)(H,20,22)/t12-/m0/s1. The first-order chi connectivity index (χ1) is 11.0. The van der Waals surface area contributed by atoms with Crippen molar-refractivity contribution in [1.29, 1.82) is 0 Å². The van der Waals surface area contributed by atoms with E-state index >= 15 is 0 Å². The number of urea groups is 1. The number of nitrogens with zero attached hydrogens (tertiary/aromatic N) is 1. The number of piperidine rings is 1. The van der Waals surface area contributed by atoms with E-state index in [0.717, 1.165) is 6.42 Å².